The van der Waals surface area contributed by atoms with E-state index in [0.717, 1.165) is 11.0 Å². The number of nitrogens with one attached hydrogen (secondary N) is 1. The van der Waals surface area contributed by atoms with Gasteiger partial charge in [-0.05, 0) is 48.7 Å². The molecule has 0 bridgehead atoms. The van der Waals surface area contributed by atoms with Crippen LogP contribution in [0.1, 0.15) is 29.7 Å². The van der Waals surface area contributed by atoms with E-state index in [1.807, 2.05) is 6.07 Å². The summed E-state index contributed by atoms with van der Waals surface area (Å²) in [6.45, 7) is 5.14. The molecule has 1 atom stereocenters. The fraction of sp³-hybridized carbons (Fsp3) is 0.250. The van der Waals surface area contributed by atoms with E-state index in [1.165, 1.54) is 21.2 Å². The van der Waals surface area contributed by atoms with Crippen molar-refractivity contribution in [3.05, 3.63) is 68.1 Å². The summed E-state index contributed by atoms with van der Waals surface area (Å²) in [6.07, 6.45) is 0. The number of aryl methyl sites for hydroxylation is 1. The third-order valence-corrected chi connectivity index (χ3v) is 4.39. The van der Waals surface area contributed by atoms with Gasteiger partial charge in [-0.15, -0.1) is 0 Å². The van der Waals surface area contributed by atoms with Crippen LogP contribution in [0.3, 0.4) is 0 Å². The molecule has 0 amide bonds. The Morgan fingerprint density at radius 2 is 1.89 bits per heavy atom. The number of rotatable bonds is 4. The van der Waals surface area contributed by atoms with Crippen LogP contribution in [0.2, 0.25) is 0 Å². The van der Waals surface area contributed by atoms with Crippen molar-refractivity contribution in [2.45, 2.75) is 26.4 Å². The molecule has 19 heavy (non-hydrogen) atoms. The third kappa shape index (κ3) is 4.16. The predicted octanol–water partition coefficient (Wildman–Crippen LogP) is 5.37. The van der Waals surface area contributed by atoms with Crippen LogP contribution in [0, 0.1) is 6.92 Å². The summed E-state index contributed by atoms with van der Waals surface area (Å²) in [6, 6.07) is 15.2. The minimum atomic E-state index is 0.325. The van der Waals surface area contributed by atoms with Crippen LogP contribution >= 0.6 is 31.9 Å². The van der Waals surface area contributed by atoms with Gasteiger partial charge in [0.15, 0.2) is 0 Å². The molecule has 0 aliphatic rings. The molecule has 0 spiro atoms. The lowest BCUT2D eigenvalue weighted by Crippen LogP contribution is -2.18. The molecule has 0 saturated carbocycles. The number of benzene rings is 2. The summed E-state index contributed by atoms with van der Waals surface area (Å²) in [4.78, 5) is 0. The fourth-order valence-electron chi connectivity index (χ4n) is 1.95. The Labute approximate surface area is 131 Å². The molecule has 0 aliphatic heterocycles. The van der Waals surface area contributed by atoms with Crippen molar-refractivity contribution in [1.29, 1.82) is 0 Å². The summed E-state index contributed by atoms with van der Waals surface area (Å²) in [5, 5.41) is 3.55. The van der Waals surface area contributed by atoms with E-state index in [9.17, 15) is 0 Å². The second-order valence-electron chi connectivity index (χ2n) is 4.75. The zero-order chi connectivity index (χ0) is 13.8. The first kappa shape index (κ1) is 14.8. The minimum absolute atomic E-state index is 0.325. The summed E-state index contributed by atoms with van der Waals surface area (Å²) in [5.74, 6) is 0. The molecule has 2 rings (SSSR count). The van der Waals surface area contributed by atoms with Crippen LogP contribution in [0.4, 0.5) is 0 Å². The average molecular weight is 383 g/mol. The van der Waals surface area contributed by atoms with Crippen LogP contribution < -0.4 is 5.32 Å². The Morgan fingerprint density at radius 1 is 1.11 bits per heavy atom. The Balaban J connectivity index is 2.02. The van der Waals surface area contributed by atoms with Crippen LogP contribution in [-0.4, -0.2) is 0 Å². The normalized spacial score (nSPS) is 12.4. The van der Waals surface area contributed by atoms with Gasteiger partial charge in [-0.3, -0.25) is 0 Å². The van der Waals surface area contributed by atoms with E-state index < -0.39 is 0 Å². The van der Waals surface area contributed by atoms with Gasteiger partial charge in [0, 0.05) is 21.5 Å². The highest BCUT2D eigenvalue weighted by molar-refractivity contribution is 9.10. The van der Waals surface area contributed by atoms with Gasteiger partial charge in [-0.1, -0.05) is 56.1 Å². The maximum absolute atomic E-state index is 3.62. The molecule has 0 radical (unpaired) electrons. The second kappa shape index (κ2) is 6.69. The van der Waals surface area contributed by atoms with Gasteiger partial charge >= 0.3 is 0 Å². The minimum Gasteiger partial charge on any atom is -0.306 e. The Bertz CT molecular complexity index is 566. The van der Waals surface area contributed by atoms with E-state index >= 15 is 0 Å². The SMILES string of the molecule is Cc1ccc(CN[C@@H](C)c2cccc(Br)c2)c(Br)c1. The lowest BCUT2D eigenvalue weighted by atomic mass is 10.1. The lowest BCUT2D eigenvalue weighted by Gasteiger charge is -2.15. The molecule has 0 fully saturated rings. The van der Waals surface area contributed by atoms with Crippen molar-refractivity contribution in [3.8, 4) is 0 Å². The van der Waals surface area contributed by atoms with Gasteiger partial charge in [0.1, 0.15) is 0 Å². The highest BCUT2D eigenvalue weighted by Crippen LogP contribution is 2.21. The summed E-state index contributed by atoms with van der Waals surface area (Å²) >= 11 is 7.13. The smallest absolute Gasteiger partial charge is 0.0295 e. The summed E-state index contributed by atoms with van der Waals surface area (Å²) in [7, 11) is 0. The van der Waals surface area contributed by atoms with Gasteiger partial charge in [0.25, 0.3) is 0 Å². The van der Waals surface area contributed by atoms with Gasteiger partial charge in [-0.25, -0.2) is 0 Å². The number of halogens is 2. The highest BCUT2D eigenvalue weighted by atomic mass is 79.9. The zero-order valence-corrected chi connectivity index (χ0v) is 14.3. The Morgan fingerprint density at radius 3 is 2.58 bits per heavy atom. The molecule has 0 heterocycles. The quantitative estimate of drug-likeness (QED) is 0.749. The molecule has 0 aliphatic carbocycles. The van der Waals surface area contributed by atoms with E-state index in [4.69, 9.17) is 0 Å². The molecule has 0 unspecified atom stereocenters. The fourth-order valence-corrected chi connectivity index (χ4v) is 3.00. The first-order valence-electron chi connectivity index (χ1n) is 6.30. The van der Waals surface area contributed by atoms with Gasteiger partial charge < -0.3 is 5.32 Å². The first-order valence-corrected chi connectivity index (χ1v) is 7.89. The molecular formula is C16H17Br2N. The van der Waals surface area contributed by atoms with E-state index in [-0.39, 0.29) is 0 Å². The van der Waals surface area contributed by atoms with Crippen molar-refractivity contribution in [3.63, 3.8) is 0 Å². The molecule has 0 saturated heterocycles. The molecular weight excluding hydrogens is 366 g/mol. The van der Waals surface area contributed by atoms with Crippen molar-refractivity contribution < 1.29 is 0 Å². The van der Waals surface area contributed by atoms with E-state index in [2.05, 4.69) is 87.4 Å². The molecule has 2 aromatic rings. The first-order chi connectivity index (χ1) is 9.06. The largest absolute Gasteiger partial charge is 0.306 e. The van der Waals surface area contributed by atoms with Crippen LogP contribution in [-0.2, 0) is 6.54 Å². The monoisotopic (exact) mass is 381 g/mol. The molecule has 100 valence electrons. The van der Waals surface area contributed by atoms with Crippen molar-refractivity contribution in [1.82, 2.24) is 5.32 Å². The van der Waals surface area contributed by atoms with Crippen molar-refractivity contribution in [2.24, 2.45) is 0 Å². The maximum atomic E-state index is 3.62. The molecule has 3 heteroatoms. The second-order valence-corrected chi connectivity index (χ2v) is 6.52. The zero-order valence-electron chi connectivity index (χ0n) is 11.1. The van der Waals surface area contributed by atoms with Crippen LogP contribution in [0.15, 0.2) is 51.4 Å². The molecule has 1 N–H and O–H groups in total. The van der Waals surface area contributed by atoms with Gasteiger partial charge in [0.2, 0.25) is 0 Å². The lowest BCUT2D eigenvalue weighted by molar-refractivity contribution is 0.573. The van der Waals surface area contributed by atoms with Gasteiger partial charge in [0.05, 0.1) is 0 Å². The van der Waals surface area contributed by atoms with E-state index in [1.54, 1.807) is 0 Å². The third-order valence-electron chi connectivity index (χ3n) is 3.16. The Kier molecular flexibility index (Phi) is 5.20. The van der Waals surface area contributed by atoms with Crippen LogP contribution in [0.5, 0.6) is 0 Å². The Hall–Kier alpha value is -0.640. The highest BCUT2D eigenvalue weighted by Gasteiger charge is 2.06. The van der Waals surface area contributed by atoms with Gasteiger partial charge in [-0.2, -0.15) is 0 Å². The predicted molar refractivity (Wildman–Crippen MR) is 88.3 cm³/mol. The molecule has 2 aromatic carbocycles. The standard InChI is InChI=1S/C16H17Br2N/c1-11-6-7-14(16(18)8-11)10-19-12(2)13-4-3-5-15(17)9-13/h3-9,12,19H,10H2,1-2H3/t12-/m0/s1. The van der Waals surface area contributed by atoms with Crippen molar-refractivity contribution in [2.75, 3.05) is 0 Å². The average Bonchev–Trinajstić information content (AvgIpc) is 2.37. The molecule has 0 aromatic heterocycles. The topological polar surface area (TPSA) is 12.0 Å². The number of hydrogen-bond acceptors (Lipinski definition) is 1. The van der Waals surface area contributed by atoms with Crippen molar-refractivity contribution >= 4 is 31.9 Å². The van der Waals surface area contributed by atoms with E-state index in [0.29, 0.717) is 6.04 Å². The summed E-state index contributed by atoms with van der Waals surface area (Å²) in [5.41, 5.74) is 3.85. The maximum Gasteiger partial charge on any atom is 0.0295 e. The van der Waals surface area contributed by atoms with Crippen LogP contribution in [0.25, 0.3) is 0 Å². The molecule has 1 nitrogen and oxygen atoms in total. The summed E-state index contributed by atoms with van der Waals surface area (Å²) < 4.78 is 2.29. The number of hydrogen-bond donors (Lipinski definition) is 1.